The summed E-state index contributed by atoms with van der Waals surface area (Å²) in [6.07, 6.45) is 0. The summed E-state index contributed by atoms with van der Waals surface area (Å²) in [5, 5.41) is 0. The number of benzene rings is 3. The lowest BCUT2D eigenvalue weighted by Crippen LogP contribution is -2.19. The Labute approximate surface area is 159 Å². The highest BCUT2D eigenvalue weighted by atomic mass is 32.2. The minimum atomic E-state index is -3.77. The minimum absolute atomic E-state index is 0.180. The highest BCUT2D eigenvalue weighted by Crippen LogP contribution is 2.48. The van der Waals surface area contributed by atoms with E-state index >= 15 is 0 Å². The van der Waals surface area contributed by atoms with Gasteiger partial charge < -0.3 is 0 Å². The number of ketones is 1. The summed E-state index contributed by atoms with van der Waals surface area (Å²) in [5.74, 6) is -0.180. The van der Waals surface area contributed by atoms with Gasteiger partial charge in [0.2, 0.25) is 10.0 Å². The molecule has 1 saturated heterocycles. The van der Waals surface area contributed by atoms with E-state index in [2.05, 4.69) is 0 Å². The van der Waals surface area contributed by atoms with Gasteiger partial charge in [-0.2, -0.15) is 4.31 Å². The first-order valence-corrected chi connectivity index (χ1v) is 10.2. The highest BCUT2D eigenvalue weighted by molar-refractivity contribution is 7.89. The van der Waals surface area contributed by atoms with E-state index in [1.807, 2.05) is 43.3 Å². The summed E-state index contributed by atoms with van der Waals surface area (Å²) in [4.78, 5) is 13.2. The van der Waals surface area contributed by atoms with Crippen LogP contribution in [0.15, 0.2) is 89.8 Å². The summed E-state index contributed by atoms with van der Waals surface area (Å²) in [6.45, 7) is 1.91. The number of rotatable bonds is 5. The maximum absolute atomic E-state index is 13.2. The molecule has 3 unspecified atom stereocenters. The molecular formula is C22H19NO3S. The first-order chi connectivity index (χ1) is 13.0. The Morgan fingerprint density at radius 1 is 0.815 bits per heavy atom. The molecule has 0 spiro atoms. The largest absolute Gasteiger partial charge is 0.292 e. The molecule has 27 heavy (non-hydrogen) atoms. The second-order valence-electron chi connectivity index (χ2n) is 6.68. The zero-order valence-electron chi connectivity index (χ0n) is 14.8. The average Bonchev–Trinajstić information content (AvgIpc) is 3.46. The van der Waals surface area contributed by atoms with E-state index in [9.17, 15) is 13.2 Å². The number of carbonyl (C=O) groups is 1. The fraction of sp³-hybridized carbons (Fsp3) is 0.136. The van der Waals surface area contributed by atoms with Crippen LogP contribution in [0.25, 0.3) is 0 Å². The molecule has 3 atom stereocenters. The second-order valence-corrected chi connectivity index (χ2v) is 8.52. The van der Waals surface area contributed by atoms with Crippen LogP contribution < -0.4 is 0 Å². The fourth-order valence-corrected chi connectivity index (χ4v) is 5.07. The van der Waals surface area contributed by atoms with Crippen LogP contribution in [-0.4, -0.2) is 24.5 Å². The number of hydrogen-bond acceptors (Lipinski definition) is 3. The quantitative estimate of drug-likeness (QED) is 0.499. The molecule has 3 aromatic rings. The van der Waals surface area contributed by atoms with E-state index in [1.54, 1.807) is 48.5 Å². The van der Waals surface area contributed by atoms with Gasteiger partial charge in [0.1, 0.15) is 6.04 Å². The molecule has 0 aliphatic carbocycles. The van der Waals surface area contributed by atoms with Crippen molar-refractivity contribution in [1.82, 2.24) is 4.31 Å². The molecule has 1 heterocycles. The van der Waals surface area contributed by atoms with Gasteiger partial charge in [-0.3, -0.25) is 4.79 Å². The van der Waals surface area contributed by atoms with Crippen molar-refractivity contribution in [3.05, 3.63) is 102 Å². The molecule has 0 N–H and O–H groups in total. The number of sulfonamides is 1. The Balaban J connectivity index is 1.75. The Morgan fingerprint density at radius 2 is 1.37 bits per heavy atom. The summed E-state index contributed by atoms with van der Waals surface area (Å²) < 4.78 is 27.7. The molecular weight excluding hydrogens is 358 g/mol. The van der Waals surface area contributed by atoms with Gasteiger partial charge in [-0.15, -0.1) is 0 Å². The zero-order chi connectivity index (χ0) is 19.0. The van der Waals surface area contributed by atoms with E-state index in [-0.39, 0.29) is 10.7 Å². The summed E-state index contributed by atoms with van der Waals surface area (Å²) in [6, 6.07) is 23.7. The lowest BCUT2D eigenvalue weighted by molar-refractivity contribution is 0.0981. The molecule has 0 amide bonds. The minimum Gasteiger partial charge on any atom is -0.292 e. The van der Waals surface area contributed by atoms with Gasteiger partial charge in [-0.05, 0) is 24.6 Å². The van der Waals surface area contributed by atoms with Crippen LogP contribution in [0.4, 0.5) is 0 Å². The molecule has 4 nitrogen and oxygen atoms in total. The third-order valence-electron chi connectivity index (χ3n) is 4.82. The number of Topliss-reactive ketones (excluding diaryl/α,β-unsaturated/α-hetero) is 1. The van der Waals surface area contributed by atoms with Crippen LogP contribution in [0.2, 0.25) is 0 Å². The van der Waals surface area contributed by atoms with Gasteiger partial charge in [-0.25, -0.2) is 8.42 Å². The van der Waals surface area contributed by atoms with E-state index < -0.39 is 22.1 Å². The van der Waals surface area contributed by atoms with Crippen LogP contribution in [0.5, 0.6) is 0 Å². The highest BCUT2D eigenvalue weighted by Gasteiger charge is 2.60. The lowest BCUT2D eigenvalue weighted by atomic mass is 10.0. The van der Waals surface area contributed by atoms with Crippen LogP contribution in [-0.2, 0) is 10.0 Å². The molecule has 3 aromatic carbocycles. The van der Waals surface area contributed by atoms with E-state index in [0.717, 1.165) is 11.1 Å². The second kappa shape index (κ2) is 6.76. The molecule has 0 aromatic heterocycles. The molecule has 136 valence electrons. The van der Waals surface area contributed by atoms with Crippen molar-refractivity contribution in [2.45, 2.75) is 23.9 Å². The third-order valence-corrected chi connectivity index (χ3v) is 6.70. The zero-order valence-corrected chi connectivity index (χ0v) is 15.6. The van der Waals surface area contributed by atoms with E-state index in [0.29, 0.717) is 5.56 Å². The molecule has 5 heteroatoms. The molecule has 4 rings (SSSR count). The van der Waals surface area contributed by atoms with Crippen molar-refractivity contribution in [3.8, 4) is 0 Å². The van der Waals surface area contributed by atoms with E-state index in [4.69, 9.17) is 0 Å². The third kappa shape index (κ3) is 3.20. The standard InChI is InChI=1S/C22H19NO3S/c1-16-12-14-19(15-13-16)27(25,26)23-20(17-8-4-2-5-9-17)21(23)22(24)18-10-6-3-7-11-18/h2-15,20-21H,1H3. The topological polar surface area (TPSA) is 54.2 Å². The maximum atomic E-state index is 13.2. The number of aryl methyl sites for hydroxylation is 1. The number of nitrogens with zero attached hydrogens (tertiary/aromatic N) is 1. The van der Waals surface area contributed by atoms with Crippen LogP contribution >= 0.6 is 0 Å². The van der Waals surface area contributed by atoms with Gasteiger partial charge in [0.15, 0.2) is 5.78 Å². The monoisotopic (exact) mass is 377 g/mol. The lowest BCUT2D eigenvalue weighted by Gasteiger charge is -2.07. The van der Waals surface area contributed by atoms with Crippen molar-refractivity contribution < 1.29 is 13.2 Å². The Bertz CT molecular complexity index is 1060. The van der Waals surface area contributed by atoms with Crippen LogP contribution in [0, 0.1) is 6.92 Å². The van der Waals surface area contributed by atoms with Gasteiger partial charge in [0, 0.05) is 5.56 Å². The van der Waals surface area contributed by atoms with Crippen molar-refractivity contribution in [2.75, 3.05) is 0 Å². The summed E-state index contributed by atoms with van der Waals surface area (Å²) in [7, 11) is -3.77. The molecule has 0 bridgehead atoms. The predicted molar refractivity (Wildman–Crippen MR) is 104 cm³/mol. The Hall–Kier alpha value is -2.76. The van der Waals surface area contributed by atoms with Gasteiger partial charge >= 0.3 is 0 Å². The van der Waals surface area contributed by atoms with Crippen molar-refractivity contribution in [1.29, 1.82) is 0 Å². The maximum Gasteiger partial charge on any atom is 0.244 e. The molecule has 0 saturated carbocycles. The Kier molecular flexibility index (Phi) is 4.42. The average molecular weight is 377 g/mol. The van der Waals surface area contributed by atoms with Gasteiger partial charge in [0.05, 0.1) is 10.9 Å². The summed E-state index contributed by atoms with van der Waals surface area (Å²) in [5.41, 5.74) is 2.32. The van der Waals surface area contributed by atoms with Crippen LogP contribution in [0.3, 0.4) is 0 Å². The molecule has 1 fully saturated rings. The number of carbonyl (C=O) groups excluding carboxylic acids is 1. The van der Waals surface area contributed by atoms with Crippen LogP contribution in [0.1, 0.15) is 27.5 Å². The SMILES string of the molecule is Cc1ccc(S(=O)(=O)N2C(C(=O)c3ccccc3)C2c2ccccc2)cc1. The van der Waals surface area contributed by atoms with Crippen molar-refractivity contribution >= 4 is 15.8 Å². The normalized spacial score (nSPS) is 21.6. The van der Waals surface area contributed by atoms with Crippen molar-refractivity contribution in [2.24, 2.45) is 0 Å². The van der Waals surface area contributed by atoms with E-state index in [1.165, 1.54) is 4.31 Å². The fourth-order valence-electron chi connectivity index (χ4n) is 3.35. The first kappa shape index (κ1) is 17.6. The summed E-state index contributed by atoms with van der Waals surface area (Å²) >= 11 is 0. The Morgan fingerprint density at radius 3 is 1.96 bits per heavy atom. The van der Waals surface area contributed by atoms with Gasteiger partial charge in [-0.1, -0.05) is 78.4 Å². The molecule has 0 radical (unpaired) electrons. The molecule has 1 aliphatic heterocycles. The smallest absolute Gasteiger partial charge is 0.244 e. The predicted octanol–water partition coefficient (Wildman–Crippen LogP) is 3.99. The number of hydrogen-bond donors (Lipinski definition) is 0. The van der Waals surface area contributed by atoms with Gasteiger partial charge in [0.25, 0.3) is 0 Å². The first-order valence-electron chi connectivity index (χ1n) is 8.74. The molecule has 1 aliphatic rings. The van der Waals surface area contributed by atoms with Crippen molar-refractivity contribution in [3.63, 3.8) is 0 Å².